The van der Waals surface area contributed by atoms with E-state index in [-0.39, 0.29) is 0 Å². The van der Waals surface area contributed by atoms with Gasteiger partial charge in [0.15, 0.2) is 8.32 Å². The molecule has 0 amide bonds. The highest BCUT2D eigenvalue weighted by Gasteiger charge is 2.28. The standard InChI is InChI=1S/C13H24OSi/c1-5-9-13(14-15(2,3)4)12-10-7-6-8-11-12/h1,12-13H,6-11H2,2-4H3/t13-/m1/s1. The van der Waals surface area contributed by atoms with E-state index in [1.165, 1.54) is 32.1 Å². The van der Waals surface area contributed by atoms with E-state index in [0.29, 0.717) is 6.10 Å². The summed E-state index contributed by atoms with van der Waals surface area (Å²) >= 11 is 0. The lowest BCUT2D eigenvalue weighted by Crippen LogP contribution is -2.36. The molecule has 1 saturated carbocycles. The molecule has 2 heteroatoms. The third kappa shape index (κ3) is 4.86. The Morgan fingerprint density at radius 3 is 2.33 bits per heavy atom. The predicted molar refractivity (Wildman–Crippen MR) is 68.2 cm³/mol. The first-order chi connectivity index (χ1) is 7.03. The molecule has 1 rings (SSSR count). The fourth-order valence-electron chi connectivity index (χ4n) is 2.38. The minimum Gasteiger partial charge on any atom is -0.413 e. The molecule has 0 unspecified atom stereocenters. The Balaban J connectivity index is 2.52. The highest BCUT2D eigenvalue weighted by molar-refractivity contribution is 6.69. The molecule has 0 saturated heterocycles. The van der Waals surface area contributed by atoms with Crippen LogP contribution in [0.4, 0.5) is 0 Å². The molecule has 0 aliphatic heterocycles. The summed E-state index contributed by atoms with van der Waals surface area (Å²) in [5.41, 5.74) is 0. The Labute approximate surface area is 95.7 Å². The second-order valence-electron chi connectivity index (χ2n) is 5.58. The molecule has 1 aliphatic rings. The van der Waals surface area contributed by atoms with Crippen molar-refractivity contribution in [1.29, 1.82) is 0 Å². The molecule has 1 atom stereocenters. The van der Waals surface area contributed by atoms with E-state index in [1.807, 2.05) is 0 Å². The molecular weight excluding hydrogens is 200 g/mol. The summed E-state index contributed by atoms with van der Waals surface area (Å²) in [6, 6.07) is 0. The fraction of sp³-hybridized carbons (Fsp3) is 0.846. The molecule has 15 heavy (non-hydrogen) atoms. The molecule has 0 aromatic heterocycles. The molecular formula is C13H24OSi. The van der Waals surface area contributed by atoms with E-state index in [2.05, 4.69) is 25.6 Å². The largest absolute Gasteiger partial charge is 0.413 e. The van der Waals surface area contributed by atoms with Gasteiger partial charge in [-0.25, -0.2) is 0 Å². The number of hydrogen-bond acceptors (Lipinski definition) is 1. The second kappa shape index (κ2) is 5.72. The highest BCUT2D eigenvalue weighted by Crippen LogP contribution is 2.30. The van der Waals surface area contributed by atoms with Crippen LogP contribution in [-0.4, -0.2) is 14.4 Å². The molecule has 0 heterocycles. The molecule has 0 N–H and O–H groups in total. The van der Waals surface area contributed by atoms with Crippen LogP contribution in [0.2, 0.25) is 19.6 Å². The van der Waals surface area contributed by atoms with Gasteiger partial charge in [0, 0.05) is 6.42 Å². The zero-order valence-electron chi connectivity index (χ0n) is 10.4. The first-order valence-corrected chi connectivity index (χ1v) is 9.55. The van der Waals surface area contributed by atoms with Crippen molar-refractivity contribution in [3.8, 4) is 12.3 Å². The third-order valence-corrected chi connectivity index (χ3v) is 4.01. The lowest BCUT2D eigenvalue weighted by atomic mass is 9.84. The van der Waals surface area contributed by atoms with Crippen molar-refractivity contribution in [1.82, 2.24) is 0 Å². The quantitative estimate of drug-likeness (QED) is 0.521. The van der Waals surface area contributed by atoms with Gasteiger partial charge in [-0.05, 0) is 38.4 Å². The van der Waals surface area contributed by atoms with Crippen LogP contribution in [0.1, 0.15) is 38.5 Å². The van der Waals surface area contributed by atoms with Gasteiger partial charge in [0.1, 0.15) is 0 Å². The van der Waals surface area contributed by atoms with Crippen LogP contribution in [0.5, 0.6) is 0 Å². The van der Waals surface area contributed by atoms with Crippen LogP contribution in [0.25, 0.3) is 0 Å². The summed E-state index contributed by atoms with van der Waals surface area (Å²) < 4.78 is 6.21. The molecule has 0 aromatic rings. The van der Waals surface area contributed by atoms with Crippen molar-refractivity contribution in [2.45, 2.75) is 64.3 Å². The first kappa shape index (κ1) is 12.8. The normalized spacial score (nSPS) is 20.9. The van der Waals surface area contributed by atoms with Crippen LogP contribution in [0.15, 0.2) is 0 Å². The Morgan fingerprint density at radius 1 is 1.27 bits per heavy atom. The van der Waals surface area contributed by atoms with Gasteiger partial charge in [-0.2, -0.15) is 0 Å². The zero-order valence-corrected chi connectivity index (χ0v) is 11.4. The Morgan fingerprint density at radius 2 is 1.87 bits per heavy atom. The van der Waals surface area contributed by atoms with Crippen molar-refractivity contribution in [3.05, 3.63) is 0 Å². The smallest absolute Gasteiger partial charge is 0.184 e. The summed E-state index contributed by atoms with van der Waals surface area (Å²) in [5.74, 6) is 3.51. The maximum atomic E-state index is 6.21. The fourth-order valence-corrected chi connectivity index (χ4v) is 3.56. The molecule has 1 fully saturated rings. The first-order valence-electron chi connectivity index (χ1n) is 6.14. The van der Waals surface area contributed by atoms with Crippen molar-refractivity contribution in [3.63, 3.8) is 0 Å². The van der Waals surface area contributed by atoms with Gasteiger partial charge in [-0.3, -0.25) is 0 Å². The summed E-state index contributed by atoms with van der Waals surface area (Å²) in [5, 5.41) is 0. The molecule has 0 aromatic carbocycles. The third-order valence-electron chi connectivity index (χ3n) is 3.00. The molecule has 1 aliphatic carbocycles. The van der Waals surface area contributed by atoms with Crippen molar-refractivity contribution in [2.75, 3.05) is 0 Å². The molecule has 1 nitrogen and oxygen atoms in total. The summed E-state index contributed by atoms with van der Waals surface area (Å²) in [4.78, 5) is 0. The maximum Gasteiger partial charge on any atom is 0.184 e. The van der Waals surface area contributed by atoms with Gasteiger partial charge < -0.3 is 4.43 Å². The van der Waals surface area contributed by atoms with Gasteiger partial charge in [-0.15, -0.1) is 12.3 Å². The predicted octanol–water partition coefficient (Wildman–Crippen LogP) is 3.81. The molecule has 86 valence electrons. The van der Waals surface area contributed by atoms with Crippen LogP contribution < -0.4 is 0 Å². The minimum absolute atomic E-state index is 0.335. The number of hydrogen-bond donors (Lipinski definition) is 0. The van der Waals surface area contributed by atoms with Gasteiger partial charge in [-0.1, -0.05) is 19.3 Å². The van der Waals surface area contributed by atoms with Crippen LogP contribution in [0, 0.1) is 18.3 Å². The Bertz CT molecular complexity index is 218. The topological polar surface area (TPSA) is 9.23 Å². The van der Waals surface area contributed by atoms with Crippen molar-refractivity contribution < 1.29 is 4.43 Å². The van der Waals surface area contributed by atoms with Gasteiger partial charge >= 0.3 is 0 Å². The zero-order chi connectivity index (χ0) is 11.3. The van der Waals surface area contributed by atoms with Crippen LogP contribution >= 0.6 is 0 Å². The lowest BCUT2D eigenvalue weighted by Gasteiger charge is -2.33. The maximum absolute atomic E-state index is 6.21. The second-order valence-corrected chi connectivity index (χ2v) is 10.0. The van der Waals surface area contributed by atoms with Gasteiger partial charge in [0.05, 0.1) is 6.10 Å². The van der Waals surface area contributed by atoms with Crippen molar-refractivity contribution >= 4 is 8.32 Å². The molecule has 0 radical (unpaired) electrons. The summed E-state index contributed by atoms with van der Waals surface area (Å²) in [6.07, 6.45) is 13.3. The van der Waals surface area contributed by atoms with Gasteiger partial charge in [0.25, 0.3) is 0 Å². The minimum atomic E-state index is -1.44. The lowest BCUT2D eigenvalue weighted by molar-refractivity contribution is 0.105. The summed E-state index contributed by atoms with van der Waals surface area (Å²) in [6.45, 7) is 6.75. The van der Waals surface area contributed by atoms with Crippen LogP contribution in [0.3, 0.4) is 0 Å². The van der Waals surface area contributed by atoms with E-state index in [9.17, 15) is 0 Å². The van der Waals surface area contributed by atoms with E-state index in [0.717, 1.165) is 12.3 Å². The molecule has 0 spiro atoms. The molecule has 0 bridgehead atoms. The number of rotatable bonds is 4. The average molecular weight is 224 g/mol. The van der Waals surface area contributed by atoms with Crippen molar-refractivity contribution in [2.24, 2.45) is 5.92 Å². The Hall–Kier alpha value is -0.263. The van der Waals surface area contributed by atoms with Crippen LogP contribution in [-0.2, 0) is 4.43 Å². The Kier molecular flexibility index (Phi) is 4.88. The average Bonchev–Trinajstić information content (AvgIpc) is 2.17. The van der Waals surface area contributed by atoms with E-state index < -0.39 is 8.32 Å². The monoisotopic (exact) mass is 224 g/mol. The summed E-state index contributed by atoms with van der Waals surface area (Å²) in [7, 11) is -1.44. The number of terminal acetylenes is 1. The van der Waals surface area contributed by atoms with E-state index in [1.54, 1.807) is 0 Å². The van der Waals surface area contributed by atoms with E-state index in [4.69, 9.17) is 10.8 Å². The SMILES string of the molecule is C#CC[C@@H](O[Si](C)(C)C)C1CCCCC1. The van der Waals surface area contributed by atoms with E-state index >= 15 is 0 Å². The van der Waals surface area contributed by atoms with Gasteiger partial charge in [0.2, 0.25) is 0 Å². The highest BCUT2D eigenvalue weighted by atomic mass is 28.4.